The molecular formula is C9H25F2NOSi3. The minimum atomic E-state index is -4.57. The monoisotopic (exact) mass is 285 g/mol. The van der Waals surface area contributed by atoms with Crippen molar-refractivity contribution in [2.75, 3.05) is 0 Å². The van der Waals surface area contributed by atoms with E-state index in [1.807, 2.05) is 0 Å². The topological polar surface area (TPSA) is 12.5 Å². The van der Waals surface area contributed by atoms with Crippen LogP contribution in [0.3, 0.4) is 0 Å². The molecule has 0 fully saturated rings. The summed E-state index contributed by atoms with van der Waals surface area (Å²) in [6.07, 6.45) is 0. The average molecular weight is 286 g/mol. The van der Waals surface area contributed by atoms with Crippen LogP contribution in [0.25, 0.3) is 0 Å². The SMILES string of the molecule is CC(C)[Si](F)(F)ON([Si](C)(C)C)[Si](C)(C)C. The van der Waals surface area contributed by atoms with Crippen LogP contribution >= 0.6 is 0 Å². The largest absolute Gasteiger partial charge is 0.596 e. The van der Waals surface area contributed by atoms with Crippen molar-refractivity contribution in [1.29, 1.82) is 0 Å². The number of hydrogen-bond acceptors (Lipinski definition) is 2. The van der Waals surface area contributed by atoms with E-state index in [1.165, 1.54) is 0 Å². The van der Waals surface area contributed by atoms with Gasteiger partial charge in [-0.15, -0.1) is 0 Å². The molecule has 0 aromatic heterocycles. The summed E-state index contributed by atoms with van der Waals surface area (Å²) < 4.78 is 34.5. The summed E-state index contributed by atoms with van der Waals surface area (Å²) in [5, 5.41) is 0. The van der Waals surface area contributed by atoms with E-state index in [4.69, 9.17) is 4.53 Å². The predicted octanol–water partition coefficient (Wildman–Crippen LogP) is 4.18. The lowest BCUT2D eigenvalue weighted by Crippen LogP contribution is -2.62. The Kier molecular flexibility index (Phi) is 5.10. The van der Waals surface area contributed by atoms with Gasteiger partial charge in [0, 0.05) is 5.54 Å². The van der Waals surface area contributed by atoms with Crippen LogP contribution in [0.15, 0.2) is 0 Å². The Balaban J connectivity index is 4.98. The van der Waals surface area contributed by atoms with Crippen LogP contribution in [-0.2, 0) is 4.53 Å². The third-order valence-corrected chi connectivity index (χ3v) is 10.9. The van der Waals surface area contributed by atoms with Crippen LogP contribution in [0.4, 0.5) is 8.22 Å². The molecular weight excluding hydrogens is 260 g/mol. The van der Waals surface area contributed by atoms with Crippen LogP contribution in [0.5, 0.6) is 0 Å². The zero-order chi connectivity index (χ0) is 13.4. The fraction of sp³-hybridized carbons (Fsp3) is 1.00. The first-order valence-electron chi connectivity index (χ1n) is 5.66. The lowest BCUT2D eigenvalue weighted by Gasteiger charge is -2.44. The van der Waals surface area contributed by atoms with Crippen molar-refractivity contribution in [2.24, 2.45) is 0 Å². The third kappa shape index (κ3) is 4.74. The molecule has 7 heteroatoms. The smallest absolute Gasteiger partial charge is 0.294 e. The summed E-state index contributed by atoms with van der Waals surface area (Å²) in [5.41, 5.74) is -0.664. The van der Waals surface area contributed by atoms with E-state index in [2.05, 4.69) is 39.3 Å². The first-order chi connectivity index (χ1) is 6.78. The summed E-state index contributed by atoms with van der Waals surface area (Å²) in [5.74, 6) is 0. The Bertz CT molecular complexity index is 222. The molecule has 0 radical (unpaired) electrons. The van der Waals surface area contributed by atoms with Crippen molar-refractivity contribution in [3.63, 3.8) is 0 Å². The fourth-order valence-electron chi connectivity index (χ4n) is 1.51. The van der Waals surface area contributed by atoms with Gasteiger partial charge in [0.25, 0.3) is 0 Å². The Morgan fingerprint density at radius 1 is 0.875 bits per heavy atom. The number of rotatable bonds is 5. The summed E-state index contributed by atoms with van der Waals surface area (Å²) in [6, 6.07) is 0. The fourth-order valence-corrected chi connectivity index (χ4v) is 12.9. The zero-order valence-electron chi connectivity index (χ0n) is 11.7. The maximum Gasteiger partial charge on any atom is 0.596 e. The van der Waals surface area contributed by atoms with Crippen LogP contribution in [0.1, 0.15) is 13.8 Å². The molecule has 0 amide bonds. The third-order valence-electron chi connectivity index (χ3n) is 2.10. The van der Waals surface area contributed by atoms with Crippen molar-refractivity contribution in [3.8, 4) is 0 Å². The molecule has 0 atom stereocenters. The molecule has 0 heterocycles. The second-order valence-electron chi connectivity index (χ2n) is 6.44. The first-order valence-corrected chi connectivity index (χ1v) is 14.3. The number of hydrogen-bond donors (Lipinski definition) is 0. The molecule has 2 nitrogen and oxygen atoms in total. The van der Waals surface area contributed by atoms with Crippen LogP contribution in [0, 0.1) is 0 Å². The molecule has 0 aromatic rings. The van der Waals surface area contributed by atoms with Gasteiger partial charge in [0.15, 0.2) is 0 Å². The van der Waals surface area contributed by atoms with Crippen LogP contribution in [0.2, 0.25) is 44.8 Å². The van der Waals surface area contributed by atoms with Crippen LogP contribution < -0.4 is 0 Å². The van der Waals surface area contributed by atoms with Gasteiger partial charge in [-0.05, 0) is 0 Å². The highest BCUT2D eigenvalue weighted by Gasteiger charge is 2.49. The maximum absolute atomic E-state index is 13.8. The van der Waals surface area contributed by atoms with Gasteiger partial charge in [-0.1, -0.05) is 53.1 Å². The summed E-state index contributed by atoms with van der Waals surface area (Å²) in [6.45, 7) is 15.4. The van der Waals surface area contributed by atoms with Gasteiger partial charge in [0.1, 0.15) is 16.5 Å². The molecule has 0 saturated carbocycles. The summed E-state index contributed by atoms with van der Waals surface area (Å²) in [4.78, 5) is 0. The van der Waals surface area contributed by atoms with E-state index in [0.717, 1.165) is 0 Å². The first kappa shape index (κ1) is 16.4. The van der Waals surface area contributed by atoms with Gasteiger partial charge in [0.2, 0.25) is 0 Å². The molecule has 0 aromatic carbocycles. The highest BCUT2D eigenvalue weighted by molar-refractivity contribution is 6.89. The van der Waals surface area contributed by atoms with E-state index < -0.39 is 31.0 Å². The van der Waals surface area contributed by atoms with Gasteiger partial charge in [0.05, 0.1) is 0 Å². The van der Waals surface area contributed by atoms with Gasteiger partial charge < -0.3 is 0 Å². The van der Waals surface area contributed by atoms with E-state index >= 15 is 0 Å². The van der Waals surface area contributed by atoms with Gasteiger partial charge >= 0.3 is 8.99 Å². The normalized spacial score (nSPS) is 15.0. The Morgan fingerprint density at radius 3 is 1.38 bits per heavy atom. The molecule has 16 heavy (non-hydrogen) atoms. The summed E-state index contributed by atoms with van der Waals surface area (Å²) in [7, 11) is -8.27. The molecule has 0 unspecified atom stereocenters. The van der Waals surface area contributed by atoms with E-state index in [1.54, 1.807) is 18.2 Å². The minimum absolute atomic E-state index is 0.664. The molecule has 0 aliphatic carbocycles. The molecule has 0 aliphatic heterocycles. The number of halogens is 2. The van der Waals surface area contributed by atoms with Crippen molar-refractivity contribution in [3.05, 3.63) is 0 Å². The van der Waals surface area contributed by atoms with Crippen LogP contribution in [-0.4, -0.2) is 29.9 Å². The highest BCUT2D eigenvalue weighted by atomic mass is 28.4. The second kappa shape index (κ2) is 4.97. The molecule has 0 bridgehead atoms. The van der Waals surface area contributed by atoms with Gasteiger partial charge in [-0.3, -0.25) is 4.53 Å². The molecule has 0 N–H and O–H groups in total. The Morgan fingerprint density at radius 2 is 1.19 bits per heavy atom. The van der Waals surface area contributed by atoms with Gasteiger partial charge in [-0.25, -0.2) is 12.6 Å². The quantitative estimate of drug-likeness (QED) is 0.427. The molecule has 0 aliphatic rings. The molecule has 98 valence electrons. The lowest BCUT2D eigenvalue weighted by atomic mass is 10.6. The van der Waals surface area contributed by atoms with E-state index in [-0.39, 0.29) is 0 Å². The second-order valence-corrected chi connectivity index (χ2v) is 18.8. The molecule has 0 saturated heterocycles. The maximum atomic E-state index is 13.8. The Hall–Kier alpha value is 0.431. The average Bonchev–Trinajstić information content (AvgIpc) is 1.95. The van der Waals surface area contributed by atoms with Crippen molar-refractivity contribution < 1.29 is 12.7 Å². The number of nitrogens with zero attached hydrogens (tertiary/aromatic N) is 1. The van der Waals surface area contributed by atoms with Gasteiger partial charge in [-0.2, -0.15) is 0 Å². The highest BCUT2D eigenvalue weighted by Crippen LogP contribution is 2.30. The molecule has 0 spiro atoms. The van der Waals surface area contributed by atoms with Crippen molar-refractivity contribution in [2.45, 2.75) is 58.7 Å². The molecule has 0 rings (SSSR count). The minimum Gasteiger partial charge on any atom is -0.294 e. The predicted molar refractivity (Wildman–Crippen MR) is 72.7 cm³/mol. The standard InChI is InChI=1S/C9H25F2NOSi3/c1-9(2)16(10,11)13-12(14(3,4)5)15(6,7)8/h9H,1-8H3. The van der Waals surface area contributed by atoms with Crippen molar-refractivity contribution >= 4 is 25.5 Å². The Labute approximate surface area is 102 Å². The van der Waals surface area contributed by atoms with E-state index in [9.17, 15) is 8.22 Å². The van der Waals surface area contributed by atoms with Crippen molar-refractivity contribution in [1.82, 2.24) is 4.39 Å². The lowest BCUT2D eigenvalue weighted by molar-refractivity contribution is 0.0450. The zero-order valence-corrected chi connectivity index (χ0v) is 14.7. The van der Waals surface area contributed by atoms with E-state index in [0.29, 0.717) is 0 Å². The summed E-state index contributed by atoms with van der Waals surface area (Å²) >= 11 is 0.